The van der Waals surface area contributed by atoms with Crippen molar-refractivity contribution in [2.75, 3.05) is 18.0 Å². The van der Waals surface area contributed by atoms with Crippen LogP contribution in [0.5, 0.6) is 0 Å². The summed E-state index contributed by atoms with van der Waals surface area (Å²) in [6.45, 7) is 1.16. The van der Waals surface area contributed by atoms with Gasteiger partial charge in [-0.2, -0.15) is 0 Å². The monoisotopic (exact) mass is 273 g/mol. The maximum Gasteiger partial charge on any atom is 0.301 e. The molecule has 1 aromatic heterocycles. The number of aromatic nitrogens is 1. The molecule has 1 aliphatic rings. The zero-order valence-corrected chi connectivity index (χ0v) is 10.9. The summed E-state index contributed by atoms with van der Waals surface area (Å²) in [7, 11) is 0. The van der Waals surface area contributed by atoms with Gasteiger partial charge < -0.3 is 10.0 Å². The van der Waals surface area contributed by atoms with Gasteiger partial charge in [0.05, 0.1) is 21.9 Å². The number of anilines is 1. The highest BCUT2D eigenvalue weighted by molar-refractivity contribution is 5.94. The summed E-state index contributed by atoms with van der Waals surface area (Å²) in [6, 6.07) is 6.93. The standard InChI is InChI=1S/C14H15N3O3/c18-10-3-2-8-16(9-10)13-6-5-12-11(4-1-7-15-12)14(13)17(19)20/h1,4-7,10,18H,2-3,8-9H2/t10-/m0/s1. The Kier molecular flexibility index (Phi) is 3.23. The fourth-order valence-corrected chi connectivity index (χ4v) is 2.75. The van der Waals surface area contributed by atoms with Crippen molar-refractivity contribution in [3.63, 3.8) is 0 Å². The van der Waals surface area contributed by atoms with E-state index in [-0.39, 0.29) is 10.6 Å². The summed E-state index contributed by atoms with van der Waals surface area (Å²) in [5, 5.41) is 21.7. The molecule has 3 rings (SSSR count). The van der Waals surface area contributed by atoms with E-state index in [1.54, 1.807) is 30.5 Å². The van der Waals surface area contributed by atoms with Crippen LogP contribution in [-0.2, 0) is 0 Å². The van der Waals surface area contributed by atoms with E-state index in [4.69, 9.17) is 0 Å². The Hall–Kier alpha value is -2.21. The second-order valence-electron chi connectivity index (χ2n) is 5.00. The van der Waals surface area contributed by atoms with E-state index in [0.29, 0.717) is 23.1 Å². The van der Waals surface area contributed by atoms with Crippen LogP contribution in [0.25, 0.3) is 10.9 Å². The number of pyridine rings is 1. The Bertz CT molecular complexity index is 659. The van der Waals surface area contributed by atoms with E-state index in [0.717, 1.165) is 19.4 Å². The van der Waals surface area contributed by atoms with Crippen molar-refractivity contribution in [1.82, 2.24) is 4.98 Å². The molecule has 1 saturated heterocycles. The number of piperidine rings is 1. The molecule has 0 bridgehead atoms. The SMILES string of the molecule is O=[N+]([O-])c1c(N2CCC[C@H](O)C2)ccc2ncccc12. The number of β-amino-alcohol motifs (C(OH)–C–C–N with tert-alkyl or cyclic N) is 1. The molecule has 20 heavy (non-hydrogen) atoms. The first-order valence-corrected chi connectivity index (χ1v) is 6.62. The maximum atomic E-state index is 11.4. The Morgan fingerprint density at radius 1 is 1.40 bits per heavy atom. The summed E-state index contributed by atoms with van der Waals surface area (Å²) in [4.78, 5) is 17.1. The lowest BCUT2D eigenvalue weighted by atomic mass is 10.1. The third kappa shape index (κ3) is 2.18. The van der Waals surface area contributed by atoms with Crippen molar-refractivity contribution >= 4 is 22.3 Å². The van der Waals surface area contributed by atoms with Crippen LogP contribution in [0, 0.1) is 10.1 Å². The number of nitro benzene ring substituents is 1. The van der Waals surface area contributed by atoms with Gasteiger partial charge in [-0.15, -0.1) is 0 Å². The number of fused-ring (bicyclic) bond motifs is 1. The van der Waals surface area contributed by atoms with Crippen molar-refractivity contribution in [3.8, 4) is 0 Å². The lowest BCUT2D eigenvalue weighted by Gasteiger charge is -2.31. The van der Waals surface area contributed by atoms with Gasteiger partial charge in [0.1, 0.15) is 5.69 Å². The minimum atomic E-state index is -0.423. The number of aliphatic hydroxyl groups excluding tert-OH is 1. The topological polar surface area (TPSA) is 79.5 Å². The molecule has 1 aliphatic heterocycles. The first kappa shape index (κ1) is 12.8. The number of nitrogens with zero attached hydrogens (tertiary/aromatic N) is 3. The molecule has 6 heteroatoms. The van der Waals surface area contributed by atoms with Gasteiger partial charge in [0, 0.05) is 19.3 Å². The summed E-state index contributed by atoms with van der Waals surface area (Å²) in [5.41, 5.74) is 1.25. The first-order valence-electron chi connectivity index (χ1n) is 6.62. The predicted molar refractivity (Wildman–Crippen MR) is 75.9 cm³/mol. The number of benzene rings is 1. The van der Waals surface area contributed by atoms with Crippen molar-refractivity contribution in [1.29, 1.82) is 0 Å². The molecule has 0 saturated carbocycles. The molecule has 6 nitrogen and oxygen atoms in total. The number of hydrogen-bond acceptors (Lipinski definition) is 5. The van der Waals surface area contributed by atoms with E-state index in [1.807, 2.05) is 4.90 Å². The van der Waals surface area contributed by atoms with Crippen LogP contribution in [0.2, 0.25) is 0 Å². The number of hydrogen-bond donors (Lipinski definition) is 1. The van der Waals surface area contributed by atoms with Gasteiger partial charge in [0.25, 0.3) is 0 Å². The molecule has 1 atom stereocenters. The number of aliphatic hydroxyl groups is 1. The first-order chi connectivity index (χ1) is 9.66. The normalized spacial score (nSPS) is 19.2. The molecule has 0 amide bonds. The molecule has 1 fully saturated rings. The second kappa shape index (κ2) is 5.05. The van der Waals surface area contributed by atoms with Crippen LogP contribution >= 0.6 is 0 Å². The predicted octanol–water partition coefficient (Wildman–Crippen LogP) is 2.10. The highest BCUT2D eigenvalue weighted by Gasteiger charge is 2.26. The zero-order valence-electron chi connectivity index (χ0n) is 10.9. The minimum Gasteiger partial charge on any atom is -0.391 e. The van der Waals surface area contributed by atoms with Gasteiger partial charge >= 0.3 is 5.69 Å². The van der Waals surface area contributed by atoms with Crippen molar-refractivity contribution < 1.29 is 10.0 Å². The third-order valence-electron chi connectivity index (χ3n) is 3.66. The van der Waals surface area contributed by atoms with Gasteiger partial charge in [0.15, 0.2) is 0 Å². The van der Waals surface area contributed by atoms with Gasteiger partial charge in [-0.1, -0.05) is 0 Å². The van der Waals surface area contributed by atoms with E-state index in [2.05, 4.69) is 4.98 Å². The molecule has 1 N–H and O–H groups in total. The van der Waals surface area contributed by atoms with E-state index < -0.39 is 6.10 Å². The molecule has 2 aromatic rings. The largest absolute Gasteiger partial charge is 0.391 e. The van der Waals surface area contributed by atoms with Crippen LogP contribution < -0.4 is 4.90 Å². The molecule has 0 radical (unpaired) electrons. The van der Waals surface area contributed by atoms with E-state index in [9.17, 15) is 15.2 Å². The molecule has 104 valence electrons. The Balaban J connectivity index is 2.14. The molecule has 1 aromatic carbocycles. The summed E-state index contributed by atoms with van der Waals surface area (Å²) in [5.74, 6) is 0. The average Bonchev–Trinajstić information content (AvgIpc) is 2.45. The van der Waals surface area contributed by atoms with E-state index in [1.165, 1.54) is 0 Å². The van der Waals surface area contributed by atoms with Crippen molar-refractivity contribution in [2.24, 2.45) is 0 Å². The molecular formula is C14H15N3O3. The zero-order chi connectivity index (χ0) is 14.1. The molecular weight excluding hydrogens is 258 g/mol. The minimum absolute atomic E-state index is 0.0738. The maximum absolute atomic E-state index is 11.4. The second-order valence-corrected chi connectivity index (χ2v) is 5.00. The lowest BCUT2D eigenvalue weighted by molar-refractivity contribution is -0.382. The highest BCUT2D eigenvalue weighted by Crippen LogP contribution is 2.36. The summed E-state index contributed by atoms with van der Waals surface area (Å²) >= 11 is 0. The Morgan fingerprint density at radius 3 is 3.00 bits per heavy atom. The Labute approximate surface area is 115 Å². The van der Waals surface area contributed by atoms with Crippen LogP contribution in [0.15, 0.2) is 30.5 Å². The fraction of sp³-hybridized carbons (Fsp3) is 0.357. The van der Waals surface area contributed by atoms with Gasteiger partial charge in [0.2, 0.25) is 0 Å². The molecule has 0 aliphatic carbocycles. The fourth-order valence-electron chi connectivity index (χ4n) is 2.75. The molecule has 0 spiro atoms. The average molecular weight is 273 g/mol. The van der Waals surface area contributed by atoms with Crippen LogP contribution in [0.4, 0.5) is 11.4 Å². The van der Waals surface area contributed by atoms with Crippen molar-refractivity contribution in [2.45, 2.75) is 18.9 Å². The van der Waals surface area contributed by atoms with Gasteiger partial charge in [-0.25, -0.2) is 0 Å². The Morgan fingerprint density at radius 2 is 2.25 bits per heavy atom. The quantitative estimate of drug-likeness (QED) is 0.669. The van der Waals surface area contributed by atoms with E-state index >= 15 is 0 Å². The summed E-state index contributed by atoms with van der Waals surface area (Å²) in [6.07, 6.45) is 2.78. The lowest BCUT2D eigenvalue weighted by Crippen LogP contribution is -2.38. The summed E-state index contributed by atoms with van der Waals surface area (Å²) < 4.78 is 0. The highest BCUT2D eigenvalue weighted by atomic mass is 16.6. The van der Waals surface area contributed by atoms with Gasteiger partial charge in [-0.3, -0.25) is 15.1 Å². The van der Waals surface area contributed by atoms with Crippen LogP contribution in [0.1, 0.15) is 12.8 Å². The smallest absolute Gasteiger partial charge is 0.301 e. The molecule has 0 unspecified atom stereocenters. The van der Waals surface area contributed by atoms with Gasteiger partial charge in [-0.05, 0) is 37.1 Å². The number of nitro groups is 1. The van der Waals surface area contributed by atoms with Crippen LogP contribution in [0.3, 0.4) is 0 Å². The third-order valence-corrected chi connectivity index (χ3v) is 3.66. The number of rotatable bonds is 2. The molecule has 2 heterocycles. The van der Waals surface area contributed by atoms with Crippen molar-refractivity contribution in [3.05, 3.63) is 40.6 Å². The van der Waals surface area contributed by atoms with Crippen LogP contribution in [-0.4, -0.2) is 34.2 Å².